The number of benzene rings is 2. The second-order valence-electron chi connectivity index (χ2n) is 27.2. The highest BCUT2D eigenvalue weighted by Crippen LogP contribution is 2.43. The maximum Gasteiger partial charge on any atom is 0.316 e. The van der Waals surface area contributed by atoms with Crippen molar-refractivity contribution < 1.29 is 76.8 Å². The summed E-state index contributed by atoms with van der Waals surface area (Å²) in [5.74, 6) is -5.75. The van der Waals surface area contributed by atoms with Crippen LogP contribution in [-0.4, -0.2) is 152 Å². The molecule has 26 nitrogen and oxygen atoms in total. The van der Waals surface area contributed by atoms with Gasteiger partial charge in [0.25, 0.3) is 23.6 Å². The van der Waals surface area contributed by atoms with E-state index in [1.807, 2.05) is 98.8 Å². The highest BCUT2D eigenvalue weighted by molar-refractivity contribution is 5.94. The molecule has 528 valence electrons. The number of amides is 6. The van der Waals surface area contributed by atoms with Crippen LogP contribution in [0.3, 0.4) is 0 Å². The highest BCUT2D eigenvalue weighted by Gasteiger charge is 2.46. The van der Waals surface area contributed by atoms with Gasteiger partial charge in [-0.05, 0) is 152 Å². The lowest BCUT2D eigenvalue weighted by Crippen LogP contribution is -2.61. The second kappa shape index (κ2) is 33.0. The Labute approximate surface area is 570 Å². The van der Waals surface area contributed by atoms with Crippen molar-refractivity contribution in [3.63, 3.8) is 0 Å². The van der Waals surface area contributed by atoms with E-state index in [1.165, 1.54) is 30.8 Å². The van der Waals surface area contributed by atoms with Gasteiger partial charge in [-0.3, -0.25) is 72.7 Å². The lowest BCUT2D eigenvalue weighted by molar-refractivity contribution is -0.170. The van der Waals surface area contributed by atoms with Gasteiger partial charge in [0.05, 0.1) is 51.4 Å². The molecule has 2 saturated carbocycles. The van der Waals surface area contributed by atoms with Crippen LogP contribution >= 0.6 is 0 Å². The predicted octanol–water partition coefficient (Wildman–Crippen LogP) is 6.52. The fourth-order valence-corrected chi connectivity index (χ4v) is 12.8. The Morgan fingerprint density at radius 3 is 1.27 bits per heavy atom. The van der Waals surface area contributed by atoms with E-state index in [0.29, 0.717) is 102 Å². The van der Waals surface area contributed by atoms with Gasteiger partial charge < -0.3 is 45.3 Å². The van der Waals surface area contributed by atoms with E-state index in [0.717, 1.165) is 32.9 Å². The monoisotopic (exact) mass is 1350 g/mol. The SMILES string of the molecule is CC(=O)OC(C)=O.CC(=O)OC1CCC2(/C=C/c3ccc4ccc(nc4c3)[C@@H](C)NC(=O)[C@@H]3CCCN(N3)C(=O)[C@H](C)NC(=O)[C@H](C(C)C)OC2=O)CC1.CC(C)[C@@H]1OC(=O)C2(/C=C/c3ccc4ccc(nc4c3)[C@@H](C)NC(=O)[C@@H]3CCCN(N3)C(=O)[C@H](C)NC1=O)CCC(O)CC2. The summed E-state index contributed by atoms with van der Waals surface area (Å²) in [6, 6.07) is 15.4. The fourth-order valence-electron chi connectivity index (χ4n) is 12.8. The number of aromatic nitrogens is 2. The van der Waals surface area contributed by atoms with Crippen molar-refractivity contribution in [2.24, 2.45) is 22.7 Å². The highest BCUT2D eigenvalue weighted by atomic mass is 16.6. The number of cyclic esters (lactones) is 2. The molecule has 2 aromatic heterocycles. The molecule has 26 heteroatoms. The number of hydrogen-bond acceptors (Lipinski definition) is 20. The molecule has 4 fully saturated rings. The molecule has 10 bridgehead atoms. The quantitative estimate of drug-likeness (QED) is 0.0651. The van der Waals surface area contributed by atoms with Crippen LogP contribution in [0.5, 0.6) is 0 Å². The first-order valence-corrected chi connectivity index (χ1v) is 34.0. The number of aliphatic hydroxyl groups is 1. The molecule has 2 aromatic carbocycles. The molecule has 10 rings (SSSR count). The van der Waals surface area contributed by atoms with E-state index in [4.69, 9.17) is 24.2 Å². The van der Waals surface area contributed by atoms with Crippen molar-refractivity contribution in [2.75, 3.05) is 13.1 Å². The average molecular weight is 1360 g/mol. The third kappa shape index (κ3) is 19.2. The first kappa shape index (κ1) is 74.8. The number of hydrogen-bond donors (Lipinski definition) is 7. The Kier molecular flexibility index (Phi) is 25.2. The van der Waals surface area contributed by atoms with Gasteiger partial charge in [-0.1, -0.05) is 88.4 Å². The normalized spacial score (nSPS) is 29.1. The van der Waals surface area contributed by atoms with Gasteiger partial charge in [0.15, 0.2) is 12.2 Å². The van der Waals surface area contributed by atoms with E-state index < -0.39 is 107 Å². The van der Waals surface area contributed by atoms with Crippen LogP contribution in [0.4, 0.5) is 0 Å². The molecule has 6 heterocycles. The Balaban J connectivity index is 0.000000228. The summed E-state index contributed by atoms with van der Waals surface area (Å²) < 4.78 is 21.3. The van der Waals surface area contributed by atoms with Crippen molar-refractivity contribution in [3.05, 3.63) is 95.3 Å². The minimum Gasteiger partial charge on any atom is -0.463 e. The Morgan fingerprint density at radius 2 is 0.898 bits per heavy atom. The molecule has 2 saturated heterocycles. The number of carbonyl (C=O) groups excluding carboxylic acids is 11. The molecule has 4 aliphatic heterocycles. The average Bonchev–Trinajstić information content (AvgIpc) is 0.851. The minimum absolute atomic E-state index is 0.245. The predicted molar refractivity (Wildman–Crippen MR) is 361 cm³/mol. The van der Waals surface area contributed by atoms with Gasteiger partial charge in [0.1, 0.15) is 30.3 Å². The third-order valence-corrected chi connectivity index (χ3v) is 18.6. The first-order chi connectivity index (χ1) is 46.4. The van der Waals surface area contributed by atoms with E-state index in [9.17, 15) is 57.8 Å². The molecule has 2 spiro atoms. The number of aliphatic hydroxyl groups excluding tert-OH is 1. The Morgan fingerprint density at radius 1 is 0.520 bits per heavy atom. The number of esters is 5. The number of nitrogens with one attached hydrogen (secondary N) is 6. The van der Waals surface area contributed by atoms with Gasteiger partial charge in [0.2, 0.25) is 11.8 Å². The smallest absolute Gasteiger partial charge is 0.316 e. The molecule has 98 heavy (non-hydrogen) atoms. The van der Waals surface area contributed by atoms with E-state index >= 15 is 0 Å². The number of hydrazine groups is 2. The summed E-state index contributed by atoms with van der Waals surface area (Å²) in [7, 11) is 0. The summed E-state index contributed by atoms with van der Waals surface area (Å²) >= 11 is 0. The zero-order chi connectivity index (χ0) is 71.3. The summed E-state index contributed by atoms with van der Waals surface area (Å²) in [5.41, 5.74) is 8.46. The number of nitrogens with zero attached hydrogens (tertiary/aromatic N) is 4. The first-order valence-electron chi connectivity index (χ1n) is 34.0. The molecule has 2 aliphatic carbocycles. The van der Waals surface area contributed by atoms with Gasteiger partial charge >= 0.3 is 29.8 Å². The standard InChI is InChI=1S/C35H45N5O7.C33H43N5O6.C4H6O3/c1-20(2)30-32(43)37-22(4)33(44)40-18-6-7-28(39-40)31(42)36-21(3)27-11-10-25-9-8-24(19-29(25)38-27)12-15-35(34(45)47-30)16-13-26(14-17-35)46-23(5)41;1-19(2)28-30(41)35-21(4)31(42)38-17-5-6-26(37-38)29(40)34-20(3)25-10-9-23-8-7-22(18-27(23)36-25)11-14-33(32(43)44-28)15-12-24(39)13-16-33;1-3(5)7-4(2)6/h8-12,15,19-22,26,28,30,39H,6-7,13-14,16-18H2,1-5H3,(H,36,42)(H,37,43);7-11,14,18-21,24,26,28,37,39H,5-6,12-13,15-17H2,1-4H3,(H,34,40)(H,35,41);1-2H3/b15-12+;14-11+;/t21-,22+,26?,28+,30+,35?;20-,21+,24?,26+,28+,33?;/m11./s1. The summed E-state index contributed by atoms with van der Waals surface area (Å²) in [4.78, 5) is 149. The molecule has 4 aromatic rings. The van der Waals surface area contributed by atoms with Crippen LogP contribution in [0.2, 0.25) is 0 Å². The van der Waals surface area contributed by atoms with Crippen molar-refractivity contribution in [2.45, 2.75) is 214 Å². The van der Waals surface area contributed by atoms with E-state index in [2.05, 4.69) is 36.9 Å². The number of carbonyl (C=O) groups is 11. The molecule has 6 amide bonds. The maximum atomic E-state index is 14.1. The van der Waals surface area contributed by atoms with Gasteiger partial charge in [-0.25, -0.2) is 10.9 Å². The number of rotatable bonds is 3. The molecular formula is C72H94N10O16. The fraction of sp³-hybridized carbons (Fsp3) is 0.542. The molecule has 6 aliphatic rings. The van der Waals surface area contributed by atoms with Crippen LogP contribution in [0.25, 0.3) is 34.0 Å². The lowest BCUT2D eigenvalue weighted by atomic mass is 9.72. The van der Waals surface area contributed by atoms with Gasteiger partial charge in [0, 0.05) is 44.6 Å². The summed E-state index contributed by atoms with van der Waals surface area (Å²) in [6.45, 7) is 18.5. The van der Waals surface area contributed by atoms with Crippen LogP contribution in [-0.2, 0) is 71.7 Å². The van der Waals surface area contributed by atoms with Crippen LogP contribution < -0.4 is 32.1 Å². The van der Waals surface area contributed by atoms with Gasteiger partial charge in [-0.2, -0.15) is 0 Å². The van der Waals surface area contributed by atoms with Crippen molar-refractivity contribution in [1.29, 1.82) is 0 Å². The topological polar surface area (TPSA) is 349 Å². The second-order valence-corrected chi connectivity index (χ2v) is 27.2. The van der Waals surface area contributed by atoms with Crippen molar-refractivity contribution in [1.82, 2.24) is 52.1 Å². The van der Waals surface area contributed by atoms with Crippen molar-refractivity contribution >= 4 is 99.2 Å². The number of pyridine rings is 2. The van der Waals surface area contributed by atoms with E-state index in [-0.39, 0.29) is 41.8 Å². The maximum absolute atomic E-state index is 14.1. The minimum atomic E-state index is -1.15. The zero-order valence-corrected chi connectivity index (χ0v) is 57.8. The molecule has 0 radical (unpaired) electrons. The molecule has 8 atom stereocenters. The summed E-state index contributed by atoms with van der Waals surface area (Å²) in [6.07, 6.45) is 9.84. The van der Waals surface area contributed by atoms with Crippen LogP contribution in [0.15, 0.2) is 72.8 Å². The number of fused-ring (bicyclic) bond motifs is 8. The molecular weight excluding hydrogens is 1260 g/mol. The van der Waals surface area contributed by atoms with Gasteiger partial charge in [-0.15, -0.1) is 0 Å². The Bertz CT molecular complexity index is 3690. The van der Waals surface area contributed by atoms with Crippen LogP contribution in [0.1, 0.15) is 188 Å². The number of ether oxygens (including phenoxy) is 4. The molecule has 0 unspecified atom stereocenters. The van der Waals surface area contributed by atoms with E-state index in [1.54, 1.807) is 41.5 Å². The van der Waals surface area contributed by atoms with Crippen LogP contribution in [0, 0.1) is 22.7 Å². The molecule has 7 N–H and O–H groups in total. The Hall–Kier alpha value is -9.01. The summed E-state index contributed by atoms with van der Waals surface area (Å²) in [5, 5.41) is 26.3. The lowest BCUT2D eigenvalue weighted by Gasteiger charge is -2.37. The largest absolute Gasteiger partial charge is 0.463 e. The third-order valence-electron chi connectivity index (χ3n) is 18.6. The zero-order valence-electron chi connectivity index (χ0n) is 57.8. The van der Waals surface area contributed by atoms with Crippen molar-refractivity contribution in [3.8, 4) is 0 Å².